The van der Waals surface area contributed by atoms with Crippen LogP contribution in [0.3, 0.4) is 0 Å². The number of aliphatic hydroxyl groups is 1. The SMILES string of the molecule is OCCCCCCCCCCCS.SCCCCCCCCCCCBr. The summed E-state index contributed by atoms with van der Waals surface area (Å²) in [5, 5.41) is 9.73. The third-order valence-electron chi connectivity index (χ3n) is 4.61. The van der Waals surface area contributed by atoms with Gasteiger partial charge in [-0.25, -0.2) is 0 Å². The Kier molecular flexibility index (Phi) is 34.8. The fraction of sp³-hybridized carbons (Fsp3) is 1.00. The van der Waals surface area contributed by atoms with E-state index in [1.165, 1.54) is 114 Å². The summed E-state index contributed by atoms with van der Waals surface area (Å²) in [7, 11) is 0. The molecule has 160 valence electrons. The van der Waals surface area contributed by atoms with Crippen LogP contribution in [0.4, 0.5) is 0 Å². The molecule has 0 atom stereocenters. The maximum Gasteiger partial charge on any atom is 0.0431 e. The second kappa shape index (κ2) is 30.9. The second-order valence-electron chi connectivity index (χ2n) is 7.22. The highest BCUT2D eigenvalue weighted by Gasteiger charge is 1.92. The van der Waals surface area contributed by atoms with Crippen molar-refractivity contribution >= 4 is 41.2 Å². The Morgan fingerprint density at radius 2 is 0.692 bits per heavy atom. The van der Waals surface area contributed by atoms with E-state index in [2.05, 4.69) is 41.2 Å². The van der Waals surface area contributed by atoms with Gasteiger partial charge in [-0.1, -0.05) is 106 Å². The molecule has 0 unspecified atom stereocenters. The molecule has 0 aliphatic carbocycles. The lowest BCUT2D eigenvalue weighted by Gasteiger charge is -2.00. The summed E-state index contributed by atoms with van der Waals surface area (Å²) < 4.78 is 0. The molecule has 0 spiro atoms. The van der Waals surface area contributed by atoms with E-state index < -0.39 is 0 Å². The highest BCUT2D eigenvalue weighted by atomic mass is 79.9. The topological polar surface area (TPSA) is 20.2 Å². The van der Waals surface area contributed by atoms with Crippen molar-refractivity contribution in [2.45, 2.75) is 116 Å². The summed E-state index contributed by atoms with van der Waals surface area (Å²) in [6.45, 7) is 0.363. The van der Waals surface area contributed by atoms with Gasteiger partial charge in [0, 0.05) is 11.9 Å². The van der Waals surface area contributed by atoms with Gasteiger partial charge in [0.25, 0.3) is 0 Å². The number of unbranched alkanes of at least 4 members (excludes halogenated alkanes) is 16. The fourth-order valence-electron chi connectivity index (χ4n) is 2.90. The Labute approximate surface area is 184 Å². The van der Waals surface area contributed by atoms with Crippen LogP contribution in [0.2, 0.25) is 0 Å². The highest BCUT2D eigenvalue weighted by molar-refractivity contribution is 9.09. The summed E-state index contributed by atoms with van der Waals surface area (Å²) in [6, 6.07) is 0. The molecule has 1 nitrogen and oxygen atoms in total. The lowest BCUT2D eigenvalue weighted by Crippen LogP contribution is -1.84. The smallest absolute Gasteiger partial charge is 0.0431 e. The zero-order chi connectivity index (χ0) is 19.6. The van der Waals surface area contributed by atoms with Crippen LogP contribution in [0.5, 0.6) is 0 Å². The van der Waals surface area contributed by atoms with Crippen LogP contribution >= 0.6 is 41.2 Å². The number of aliphatic hydroxyl groups excluding tert-OH is 1. The Morgan fingerprint density at radius 1 is 0.423 bits per heavy atom. The summed E-state index contributed by atoms with van der Waals surface area (Å²) >= 11 is 11.8. The predicted octanol–water partition coefficient (Wildman–Crippen LogP) is 8.24. The van der Waals surface area contributed by atoms with Crippen molar-refractivity contribution in [3.63, 3.8) is 0 Å². The second-order valence-corrected chi connectivity index (χ2v) is 8.91. The largest absolute Gasteiger partial charge is 0.396 e. The highest BCUT2D eigenvalue weighted by Crippen LogP contribution is 2.11. The molecule has 0 rings (SSSR count). The van der Waals surface area contributed by atoms with Gasteiger partial charge in [-0.15, -0.1) is 0 Å². The van der Waals surface area contributed by atoms with Gasteiger partial charge in [0.2, 0.25) is 0 Å². The monoisotopic (exact) mass is 470 g/mol. The first-order valence-corrected chi connectivity index (χ1v) is 13.6. The molecule has 0 bridgehead atoms. The van der Waals surface area contributed by atoms with Gasteiger partial charge in [-0.05, 0) is 37.2 Å². The number of hydrogen-bond donors (Lipinski definition) is 3. The van der Waals surface area contributed by atoms with Crippen molar-refractivity contribution in [1.29, 1.82) is 0 Å². The van der Waals surface area contributed by atoms with E-state index in [0.29, 0.717) is 6.61 Å². The quantitative estimate of drug-likeness (QED) is 0.0928. The van der Waals surface area contributed by atoms with E-state index in [0.717, 1.165) is 17.9 Å². The average molecular weight is 472 g/mol. The number of alkyl halides is 1. The normalized spacial score (nSPS) is 10.6. The van der Waals surface area contributed by atoms with Gasteiger partial charge in [0.05, 0.1) is 0 Å². The predicted molar refractivity (Wildman–Crippen MR) is 132 cm³/mol. The van der Waals surface area contributed by atoms with Crippen LogP contribution in [0, 0.1) is 0 Å². The van der Waals surface area contributed by atoms with Crippen LogP contribution in [0.25, 0.3) is 0 Å². The molecular formula is C22H47BrOS2. The summed E-state index contributed by atoms with van der Waals surface area (Å²) in [6.07, 6.45) is 24.2. The number of thiol groups is 2. The molecule has 0 heterocycles. The maximum atomic E-state index is 8.56. The molecule has 0 saturated heterocycles. The molecule has 0 aromatic heterocycles. The molecule has 1 N–H and O–H groups in total. The van der Waals surface area contributed by atoms with Gasteiger partial charge < -0.3 is 5.11 Å². The van der Waals surface area contributed by atoms with Crippen molar-refractivity contribution < 1.29 is 5.11 Å². The summed E-state index contributed by atoms with van der Waals surface area (Å²) in [4.78, 5) is 0. The molecule has 0 radical (unpaired) electrons. The Balaban J connectivity index is 0. The zero-order valence-electron chi connectivity index (χ0n) is 17.3. The maximum absolute atomic E-state index is 8.56. The first-order valence-electron chi connectivity index (χ1n) is 11.2. The molecule has 0 saturated carbocycles. The van der Waals surface area contributed by atoms with Crippen LogP contribution in [-0.2, 0) is 0 Å². The van der Waals surface area contributed by atoms with Crippen LogP contribution < -0.4 is 0 Å². The average Bonchev–Trinajstić information content (AvgIpc) is 2.66. The number of halogens is 1. The molecule has 0 aliphatic rings. The fourth-order valence-corrected chi connectivity index (χ4v) is 3.75. The van der Waals surface area contributed by atoms with Gasteiger partial charge in [-0.2, -0.15) is 25.3 Å². The Hall–Kier alpha value is 1.14. The van der Waals surface area contributed by atoms with Crippen molar-refractivity contribution in [2.75, 3.05) is 23.4 Å². The van der Waals surface area contributed by atoms with E-state index >= 15 is 0 Å². The molecule has 26 heavy (non-hydrogen) atoms. The molecule has 0 aliphatic heterocycles. The van der Waals surface area contributed by atoms with Gasteiger partial charge in [0.1, 0.15) is 0 Å². The third kappa shape index (κ3) is 32.8. The minimum Gasteiger partial charge on any atom is -0.396 e. The molecule has 0 aromatic carbocycles. The van der Waals surface area contributed by atoms with Crippen LogP contribution in [0.1, 0.15) is 116 Å². The number of rotatable bonds is 20. The van der Waals surface area contributed by atoms with Gasteiger partial charge in [-0.3, -0.25) is 0 Å². The summed E-state index contributed by atoms with van der Waals surface area (Å²) in [5.41, 5.74) is 0. The van der Waals surface area contributed by atoms with Crippen molar-refractivity contribution in [3.8, 4) is 0 Å². The van der Waals surface area contributed by atoms with Crippen LogP contribution in [0.15, 0.2) is 0 Å². The van der Waals surface area contributed by atoms with Crippen molar-refractivity contribution in [3.05, 3.63) is 0 Å². The minimum atomic E-state index is 0.363. The first-order chi connectivity index (χ1) is 12.8. The van der Waals surface area contributed by atoms with E-state index in [-0.39, 0.29) is 0 Å². The van der Waals surface area contributed by atoms with E-state index in [1.807, 2.05) is 0 Å². The Bertz CT molecular complexity index is 176. The molecule has 0 fully saturated rings. The van der Waals surface area contributed by atoms with E-state index in [4.69, 9.17) is 5.11 Å². The first kappa shape index (κ1) is 29.3. The molecule has 4 heteroatoms. The van der Waals surface area contributed by atoms with E-state index in [9.17, 15) is 0 Å². The lowest BCUT2D eigenvalue weighted by molar-refractivity contribution is 0.282. The van der Waals surface area contributed by atoms with Crippen molar-refractivity contribution in [2.24, 2.45) is 0 Å². The number of hydrogen-bond acceptors (Lipinski definition) is 3. The molecular weight excluding hydrogens is 424 g/mol. The zero-order valence-corrected chi connectivity index (χ0v) is 20.7. The summed E-state index contributed by atoms with van der Waals surface area (Å²) in [5.74, 6) is 2.10. The standard InChI is InChI=1S/C11H23BrS.C11H24OS/c2*12-10-8-6-4-2-1-3-5-7-9-11-13/h13H,1-11H2;12-13H,1-11H2. The van der Waals surface area contributed by atoms with Gasteiger partial charge in [0.15, 0.2) is 0 Å². The third-order valence-corrected chi connectivity index (χ3v) is 5.80. The van der Waals surface area contributed by atoms with Crippen molar-refractivity contribution in [1.82, 2.24) is 0 Å². The molecule has 0 amide bonds. The molecule has 0 aromatic rings. The minimum absolute atomic E-state index is 0.363. The van der Waals surface area contributed by atoms with Gasteiger partial charge >= 0.3 is 0 Å². The Morgan fingerprint density at radius 3 is 0.962 bits per heavy atom. The lowest BCUT2D eigenvalue weighted by atomic mass is 10.1. The van der Waals surface area contributed by atoms with Crippen LogP contribution in [-0.4, -0.2) is 28.5 Å². The van der Waals surface area contributed by atoms with E-state index in [1.54, 1.807) is 0 Å².